The molecule has 664 valence electrons. The van der Waals surface area contributed by atoms with E-state index < -0.39 is 248 Å². The molecular weight excluding hydrogens is 1710 g/mol. The van der Waals surface area contributed by atoms with E-state index in [0.29, 0.717) is 13.0 Å². The Hall–Kier alpha value is -7.61. The van der Waals surface area contributed by atoms with Crippen molar-refractivity contribution in [1.82, 2.24) is 68.7 Å². The predicted octanol–water partition coefficient (Wildman–Crippen LogP) is 0.654. The molecule has 20 atom stereocenters. The number of phosphoric ester groups is 5. The van der Waals surface area contributed by atoms with Crippen LogP contribution in [0.15, 0.2) is 93.5 Å². The Balaban J connectivity index is 0.757. The molecule has 120 heavy (non-hydrogen) atoms. The molecule has 2 amide bonds. The number of unbranched alkanes of at least 4 members (excludes halogenated alkanes) is 4. The van der Waals surface area contributed by atoms with E-state index in [0.717, 1.165) is 75.2 Å². The Bertz CT molecular complexity index is 5370. The lowest BCUT2D eigenvalue weighted by Crippen LogP contribution is -2.42. The highest BCUT2D eigenvalue weighted by Gasteiger charge is 2.51. The van der Waals surface area contributed by atoms with E-state index in [1.807, 2.05) is 0 Å². The van der Waals surface area contributed by atoms with Gasteiger partial charge in [-0.3, -0.25) is 117 Å². The van der Waals surface area contributed by atoms with Crippen LogP contribution >= 0.6 is 39.1 Å². The molecule has 0 radical (unpaired) electrons. The zero-order chi connectivity index (χ0) is 87.1. The summed E-state index contributed by atoms with van der Waals surface area (Å²) in [5.74, 6) is -0.469. The number of aryl methyl sites for hydroxylation is 5. The molecule has 5 fully saturated rings. The highest BCUT2D eigenvalue weighted by molar-refractivity contribution is 7.48. The summed E-state index contributed by atoms with van der Waals surface area (Å²) >= 11 is 0. The molecule has 0 aromatic carbocycles. The van der Waals surface area contributed by atoms with E-state index in [9.17, 15) is 100 Å². The van der Waals surface area contributed by atoms with Crippen molar-refractivity contribution in [3.63, 3.8) is 0 Å². The number of aliphatic hydroxyl groups excluding tert-OH is 1. The number of rotatable bonds is 41. The summed E-state index contributed by atoms with van der Waals surface area (Å²) in [6.07, 6.45) is -13.3. The van der Waals surface area contributed by atoms with Gasteiger partial charge in [0.05, 0.1) is 45.3 Å². The van der Waals surface area contributed by atoms with E-state index in [2.05, 4.69) is 54.4 Å². The number of aliphatic hydroxyl groups is 1. The normalized spacial score (nSPS) is 27.7. The summed E-state index contributed by atoms with van der Waals surface area (Å²) < 4.78 is 159. The summed E-state index contributed by atoms with van der Waals surface area (Å²) in [5, 5.41) is 24.2. The number of amides is 2. The van der Waals surface area contributed by atoms with Crippen molar-refractivity contribution >= 4 is 50.9 Å². The fourth-order valence-corrected chi connectivity index (χ4v) is 18.0. The molecular formula is C65H93N14O36P5. The van der Waals surface area contributed by atoms with Crippen LogP contribution in [0.2, 0.25) is 0 Å². The maximum Gasteiger partial charge on any atom is 0.472 e. The molecule has 11 rings (SSSR count). The van der Waals surface area contributed by atoms with Gasteiger partial charge in [-0.25, -0.2) is 42.0 Å². The SMILES string of the molecule is C=C1NC(=O)C(C)=CN1[C@H]1CC(O)[C@@H](COP(=O)(O)OC2C[C@H](n3cc(C)c(=O)[nH]c3=O)O[C@@H]2COP(=O)(O)OC2C[C@H](n3cc(C)c(=O)[nH]c3=O)O[C@@H]2COP(=O)(O)OC2C[C@H](n3cc(C)c(=O)[nH]c3=O)O[C@@H]2COP(=O)(O)OC2C[C@H](n3cc(C)c(=O)[nH]c3=O)O[C@@H]2COP(=O)(O)OCc2cn(CCCC(=O)NCCCCCCC)nn2)O1. The number of aromatic nitrogens is 11. The van der Waals surface area contributed by atoms with Crippen LogP contribution in [0.1, 0.15) is 144 Å². The molecule has 10 unspecified atom stereocenters. The van der Waals surface area contributed by atoms with Gasteiger partial charge in [0.25, 0.3) is 28.1 Å². The fourth-order valence-electron chi connectivity index (χ4n) is 13.5. The van der Waals surface area contributed by atoms with Gasteiger partial charge in [-0.2, -0.15) is 0 Å². The molecule has 5 aromatic rings. The largest absolute Gasteiger partial charge is 0.472 e. The minimum atomic E-state index is -5.67. The number of hydrogen-bond donors (Lipinski definition) is 12. The molecule has 5 saturated heterocycles. The summed E-state index contributed by atoms with van der Waals surface area (Å²) in [4.78, 5) is 193. The van der Waals surface area contributed by atoms with Gasteiger partial charge in [-0.1, -0.05) is 44.4 Å². The monoisotopic (exact) mass is 1800 g/mol. The average molecular weight is 1800 g/mol. The molecule has 0 bridgehead atoms. The second kappa shape index (κ2) is 39.5. The third-order valence-electron chi connectivity index (χ3n) is 19.8. The van der Waals surface area contributed by atoms with Crippen molar-refractivity contribution in [3.8, 4) is 0 Å². The number of aromatic amines is 4. The first kappa shape index (κ1) is 93.1. The maximum atomic E-state index is 14.3. The predicted molar refractivity (Wildman–Crippen MR) is 405 cm³/mol. The minimum Gasteiger partial charge on any atom is -0.390 e. The summed E-state index contributed by atoms with van der Waals surface area (Å²) in [6, 6.07) is 0. The molecule has 55 heteroatoms. The second-order valence-electron chi connectivity index (χ2n) is 28.9. The van der Waals surface area contributed by atoms with E-state index in [4.69, 9.17) is 68.9 Å². The van der Waals surface area contributed by atoms with Crippen LogP contribution in [-0.4, -0.2) is 206 Å². The molecule has 6 aliphatic heterocycles. The number of carbonyl (C=O) groups excluding carboxylic acids is 2. The zero-order valence-electron chi connectivity index (χ0n) is 65.2. The maximum absolute atomic E-state index is 14.3. The lowest BCUT2D eigenvalue weighted by atomic mass is 10.1. The van der Waals surface area contributed by atoms with Crippen LogP contribution in [0.25, 0.3) is 0 Å². The van der Waals surface area contributed by atoms with Crippen LogP contribution in [-0.2, 0) is 114 Å². The quantitative estimate of drug-likeness (QED) is 0.0189. The van der Waals surface area contributed by atoms with E-state index in [-0.39, 0.29) is 64.6 Å². The first-order valence-corrected chi connectivity index (χ1v) is 45.1. The number of nitrogens with one attached hydrogen (secondary N) is 6. The van der Waals surface area contributed by atoms with Crippen LogP contribution in [0, 0.1) is 27.7 Å². The van der Waals surface area contributed by atoms with Gasteiger partial charge in [0.15, 0.2) is 0 Å². The molecule has 11 heterocycles. The van der Waals surface area contributed by atoms with Crippen molar-refractivity contribution in [2.45, 2.75) is 224 Å². The molecule has 0 saturated carbocycles. The Kier molecular flexibility index (Phi) is 30.6. The van der Waals surface area contributed by atoms with Gasteiger partial charge in [0.1, 0.15) is 104 Å². The van der Waals surface area contributed by atoms with E-state index in [1.165, 1.54) is 56.6 Å². The Morgan fingerprint density at radius 3 is 1.23 bits per heavy atom. The topological polar surface area (TPSA) is 657 Å². The summed E-state index contributed by atoms with van der Waals surface area (Å²) in [5.41, 5.74) is -7.19. The number of carbonyl (C=O) groups is 2. The number of nitrogens with zero attached hydrogens (tertiary/aromatic N) is 8. The average Bonchev–Trinajstić information content (AvgIpc) is 1.65. The molecule has 6 aliphatic rings. The lowest BCUT2D eigenvalue weighted by molar-refractivity contribution is -0.121. The number of ether oxygens (including phenoxy) is 5. The molecule has 5 aromatic heterocycles. The van der Waals surface area contributed by atoms with Gasteiger partial charge in [0.2, 0.25) is 5.91 Å². The Morgan fingerprint density at radius 1 is 0.492 bits per heavy atom. The highest BCUT2D eigenvalue weighted by Crippen LogP contribution is 2.56. The smallest absolute Gasteiger partial charge is 0.390 e. The van der Waals surface area contributed by atoms with Crippen molar-refractivity contribution in [3.05, 3.63) is 166 Å². The standard InChI is InChI=1S/C65H93N14O36P5/c1-8-9-10-11-12-15-66-51(81)14-13-16-74-27-40(72-73-74)28-101-116(91,92)102-30-47-42(18-53(108-47)76-23-35(3)58(83)68-62(76)87)113-118(95,96)104-32-49-44(20-55(110-49)78-25-37(5)60(85)70-64(78)89)115-120(99,100)106-33-50-45(21-56(111-50)79-26-38(6)61(86)71-65(79)90)114-119(97,98)105-31-48-43(19-54(109-48)77-24-36(4)59(84)69-63(77)88)112-117(93,94)103-29-46-41(80)17-52(107-46)75-22-34(2)57(82)67-39(75)7/h22-27,41-50,52-56,80H,7-21,28-33H2,1-6H3,(H,66,81)(H,67,82)(H,91,92)(H,93,94)(H,95,96)(H,97,98)(H,99,100)(H,68,83,87)(H,69,84,88)(H,70,85,89)(H,71,86,90)/t41?,42?,43?,44?,45?,46-,47-,48-,49-,50-,52-,53-,54-,55-,56-/m1/s1. The second-order valence-corrected chi connectivity index (χ2v) is 36.0. The number of H-pyrrole nitrogens is 4. The third kappa shape index (κ3) is 24.7. The van der Waals surface area contributed by atoms with Crippen molar-refractivity contribution in [2.75, 3.05) is 39.6 Å². The lowest BCUT2D eigenvalue weighted by Gasteiger charge is -2.32. The first-order valence-electron chi connectivity index (χ1n) is 37.6. The zero-order valence-corrected chi connectivity index (χ0v) is 69.7. The van der Waals surface area contributed by atoms with Crippen LogP contribution < -0.4 is 55.6 Å². The summed E-state index contributed by atoms with van der Waals surface area (Å²) in [7, 11) is -27.3. The van der Waals surface area contributed by atoms with Gasteiger partial charge in [0, 0.05) is 110 Å². The highest BCUT2D eigenvalue weighted by atomic mass is 31.2. The van der Waals surface area contributed by atoms with Gasteiger partial charge < -0.3 is 68.8 Å². The summed E-state index contributed by atoms with van der Waals surface area (Å²) in [6.45, 7) is 7.68. The van der Waals surface area contributed by atoms with Crippen LogP contribution in [0.3, 0.4) is 0 Å². The van der Waals surface area contributed by atoms with E-state index in [1.54, 1.807) is 0 Å². The van der Waals surface area contributed by atoms with Crippen molar-refractivity contribution < 1.29 is 131 Å². The van der Waals surface area contributed by atoms with Crippen molar-refractivity contribution in [2.24, 2.45) is 0 Å². The molecule has 12 N–H and O–H groups in total. The van der Waals surface area contributed by atoms with Gasteiger partial charge >= 0.3 is 61.9 Å². The van der Waals surface area contributed by atoms with Crippen molar-refractivity contribution in [1.29, 1.82) is 0 Å². The first-order chi connectivity index (χ1) is 56.5. The van der Waals surface area contributed by atoms with Crippen LogP contribution in [0.4, 0.5) is 0 Å². The minimum absolute atomic E-state index is 0.00373. The van der Waals surface area contributed by atoms with E-state index >= 15 is 0 Å². The van der Waals surface area contributed by atoms with Gasteiger partial charge in [-0.05, 0) is 47.5 Å². The van der Waals surface area contributed by atoms with Crippen LogP contribution in [0.5, 0.6) is 0 Å². The number of hydrogen-bond acceptors (Lipinski definition) is 34. The molecule has 50 nitrogen and oxygen atoms in total. The molecule has 0 spiro atoms. The third-order valence-corrected chi connectivity index (χ3v) is 24.7. The molecule has 0 aliphatic carbocycles. The number of phosphoric acid groups is 5. The Labute approximate surface area is 677 Å². The fraction of sp³-hybridized carbons (Fsp3) is 0.631. The Morgan fingerprint density at radius 2 is 0.850 bits per heavy atom. The van der Waals surface area contributed by atoms with Gasteiger partial charge in [-0.15, -0.1) is 5.10 Å².